The number of carbonyl (C=O) groups excluding carboxylic acids is 1. The fourth-order valence-corrected chi connectivity index (χ4v) is 3.60. The van der Waals surface area contributed by atoms with E-state index in [1.807, 2.05) is 0 Å². The van der Waals surface area contributed by atoms with E-state index in [1.165, 1.54) is 19.2 Å². The molecule has 0 unspecified atom stereocenters. The minimum Gasteiger partial charge on any atom is -0.468 e. The van der Waals surface area contributed by atoms with Crippen LogP contribution in [0.4, 0.5) is 0 Å². The molecule has 0 amide bonds. The van der Waals surface area contributed by atoms with Gasteiger partial charge in [0.25, 0.3) is 0 Å². The van der Waals surface area contributed by atoms with E-state index in [4.69, 9.17) is 32.2 Å². The third-order valence-corrected chi connectivity index (χ3v) is 4.94. The van der Waals surface area contributed by atoms with Crippen LogP contribution in [0.2, 0.25) is 10.0 Å². The second-order valence-electron chi connectivity index (χ2n) is 4.87. The summed E-state index contributed by atoms with van der Waals surface area (Å²) in [5, 5.41) is 3.54. The largest absolute Gasteiger partial charge is 0.468 e. The fourth-order valence-electron chi connectivity index (χ4n) is 1.82. The number of nitrogens with one attached hydrogen (secondary N) is 1. The zero-order valence-electron chi connectivity index (χ0n) is 13.3. The molecule has 0 saturated heterocycles. The Kier molecular flexibility index (Phi) is 7.14. The molecule has 0 spiro atoms. The Labute approximate surface area is 155 Å². The van der Waals surface area contributed by atoms with Crippen molar-refractivity contribution < 1.29 is 23.1 Å². The van der Waals surface area contributed by atoms with E-state index >= 15 is 0 Å². The summed E-state index contributed by atoms with van der Waals surface area (Å²) in [7, 11) is -2.45. The summed E-state index contributed by atoms with van der Waals surface area (Å²) in [5.74, 6) is 0.0486. The van der Waals surface area contributed by atoms with Crippen LogP contribution in [-0.4, -0.2) is 25.9 Å². The van der Waals surface area contributed by atoms with Crippen molar-refractivity contribution in [2.24, 2.45) is 0 Å². The van der Waals surface area contributed by atoms with Crippen LogP contribution in [0.15, 0.2) is 48.5 Å². The molecular weight excluding hydrogens is 388 g/mol. The van der Waals surface area contributed by atoms with Gasteiger partial charge in [0.1, 0.15) is 17.8 Å². The van der Waals surface area contributed by atoms with Crippen LogP contribution in [0.3, 0.4) is 0 Å². The second-order valence-corrected chi connectivity index (χ2v) is 7.65. The SMILES string of the molecule is COC(=O)CNCP(=O)(Oc1cccc(Cl)c1)Oc1cccc(Cl)c1. The van der Waals surface area contributed by atoms with Crippen LogP contribution in [0.25, 0.3) is 0 Å². The normalized spacial score (nSPS) is 11.0. The number of rotatable bonds is 8. The van der Waals surface area contributed by atoms with Crippen molar-refractivity contribution in [2.75, 3.05) is 19.9 Å². The maximum atomic E-state index is 13.1. The Morgan fingerprint density at radius 2 is 1.56 bits per heavy atom. The average molecular weight is 404 g/mol. The van der Waals surface area contributed by atoms with E-state index in [9.17, 15) is 9.36 Å². The lowest BCUT2D eigenvalue weighted by Gasteiger charge is -2.20. The Bertz CT molecular complexity index is 735. The van der Waals surface area contributed by atoms with Gasteiger partial charge < -0.3 is 13.8 Å². The van der Waals surface area contributed by atoms with E-state index < -0.39 is 13.6 Å². The third kappa shape index (κ3) is 6.59. The van der Waals surface area contributed by atoms with Crippen molar-refractivity contribution in [1.29, 1.82) is 0 Å². The average Bonchev–Trinajstić information content (AvgIpc) is 2.54. The van der Waals surface area contributed by atoms with Crippen molar-refractivity contribution in [2.45, 2.75) is 0 Å². The Balaban J connectivity index is 2.17. The summed E-state index contributed by atoms with van der Waals surface area (Å²) >= 11 is 11.8. The topological polar surface area (TPSA) is 73.9 Å². The van der Waals surface area contributed by atoms with Crippen molar-refractivity contribution >= 4 is 36.8 Å². The minimum atomic E-state index is -3.71. The summed E-state index contributed by atoms with van der Waals surface area (Å²) in [6.45, 7) is -0.141. The summed E-state index contributed by atoms with van der Waals surface area (Å²) in [6.07, 6.45) is -0.221. The van der Waals surface area contributed by atoms with Crippen molar-refractivity contribution in [3.8, 4) is 11.5 Å². The van der Waals surface area contributed by atoms with Crippen molar-refractivity contribution in [3.05, 3.63) is 58.6 Å². The first-order valence-corrected chi connectivity index (χ1v) is 9.65. The molecule has 0 atom stereocenters. The number of hydrogen-bond donors (Lipinski definition) is 1. The van der Waals surface area contributed by atoms with E-state index in [1.54, 1.807) is 36.4 Å². The minimum absolute atomic E-state index is 0.141. The zero-order valence-corrected chi connectivity index (χ0v) is 15.7. The summed E-state index contributed by atoms with van der Waals surface area (Å²) < 4.78 is 28.7. The van der Waals surface area contributed by atoms with Crippen LogP contribution >= 0.6 is 30.8 Å². The van der Waals surface area contributed by atoms with Gasteiger partial charge in [0.2, 0.25) is 0 Å². The van der Waals surface area contributed by atoms with Crippen LogP contribution in [0.5, 0.6) is 11.5 Å². The van der Waals surface area contributed by atoms with Crippen LogP contribution in [0.1, 0.15) is 0 Å². The molecule has 25 heavy (non-hydrogen) atoms. The molecule has 0 aliphatic heterocycles. The molecule has 2 rings (SSSR count). The van der Waals surface area contributed by atoms with Crippen molar-refractivity contribution in [1.82, 2.24) is 5.32 Å². The van der Waals surface area contributed by atoms with Gasteiger partial charge in [0.15, 0.2) is 0 Å². The highest BCUT2D eigenvalue weighted by atomic mass is 35.5. The molecule has 0 aliphatic carbocycles. The van der Waals surface area contributed by atoms with E-state index in [0.29, 0.717) is 10.0 Å². The van der Waals surface area contributed by atoms with Gasteiger partial charge >= 0.3 is 13.6 Å². The summed E-state index contributed by atoms with van der Waals surface area (Å²) in [4.78, 5) is 11.2. The lowest BCUT2D eigenvalue weighted by atomic mass is 10.3. The van der Waals surface area contributed by atoms with Gasteiger partial charge in [-0.1, -0.05) is 35.3 Å². The molecule has 0 heterocycles. The van der Waals surface area contributed by atoms with Gasteiger partial charge in [-0.05, 0) is 36.4 Å². The fraction of sp³-hybridized carbons (Fsp3) is 0.188. The molecule has 0 aromatic heterocycles. The summed E-state index contributed by atoms with van der Waals surface area (Å²) in [6, 6.07) is 12.8. The lowest BCUT2D eigenvalue weighted by Crippen LogP contribution is -2.27. The molecule has 0 saturated carbocycles. The molecule has 134 valence electrons. The second kappa shape index (κ2) is 9.11. The Morgan fingerprint density at radius 1 is 1.04 bits per heavy atom. The van der Waals surface area contributed by atoms with Crippen LogP contribution in [-0.2, 0) is 14.1 Å². The molecule has 0 bridgehead atoms. The van der Waals surface area contributed by atoms with E-state index in [2.05, 4.69) is 10.1 Å². The number of methoxy groups -OCH3 is 1. The van der Waals surface area contributed by atoms with Crippen molar-refractivity contribution in [3.63, 3.8) is 0 Å². The first-order chi connectivity index (χ1) is 11.9. The Hall–Kier alpha value is -1.72. The molecule has 1 N–H and O–H groups in total. The number of ether oxygens (including phenoxy) is 1. The molecule has 9 heteroatoms. The Morgan fingerprint density at radius 3 is 2.00 bits per heavy atom. The molecule has 0 fully saturated rings. The predicted molar refractivity (Wildman–Crippen MR) is 96.7 cm³/mol. The molecule has 6 nitrogen and oxygen atoms in total. The van der Waals surface area contributed by atoms with Crippen LogP contribution in [0, 0.1) is 0 Å². The third-order valence-electron chi connectivity index (χ3n) is 2.88. The number of hydrogen-bond acceptors (Lipinski definition) is 6. The zero-order chi connectivity index (χ0) is 18.3. The number of benzene rings is 2. The molecule has 0 aliphatic rings. The van der Waals surface area contributed by atoms with Gasteiger partial charge in [-0.3, -0.25) is 10.1 Å². The molecule has 0 radical (unpaired) electrons. The maximum Gasteiger partial charge on any atom is 0.444 e. The van der Waals surface area contributed by atoms with Gasteiger partial charge in [-0.2, -0.15) is 0 Å². The standard InChI is InChI=1S/C16H16Cl2NO5P/c1-22-16(20)10-19-11-25(21,23-14-6-2-4-12(17)8-14)24-15-7-3-5-13(18)9-15/h2-9,19H,10-11H2,1H3. The number of esters is 1. The van der Waals surface area contributed by atoms with Gasteiger partial charge in [-0.15, -0.1) is 0 Å². The number of carbonyl (C=O) groups is 1. The molecular formula is C16H16Cl2NO5P. The monoisotopic (exact) mass is 403 g/mol. The highest BCUT2D eigenvalue weighted by Crippen LogP contribution is 2.48. The van der Waals surface area contributed by atoms with Gasteiger partial charge in [0.05, 0.1) is 13.7 Å². The van der Waals surface area contributed by atoms with Gasteiger partial charge in [-0.25, -0.2) is 4.57 Å². The lowest BCUT2D eigenvalue weighted by molar-refractivity contribution is -0.139. The van der Waals surface area contributed by atoms with E-state index in [-0.39, 0.29) is 24.3 Å². The molecule has 2 aromatic rings. The highest BCUT2D eigenvalue weighted by Gasteiger charge is 2.28. The molecule has 2 aromatic carbocycles. The summed E-state index contributed by atoms with van der Waals surface area (Å²) in [5.41, 5.74) is 0. The predicted octanol–water partition coefficient (Wildman–Crippen LogP) is 4.36. The first kappa shape index (κ1) is 19.6. The first-order valence-electron chi connectivity index (χ1n) is 7.17. The van der Waals surface area contributed by atoms with Crippen LogP contribution < -0.4 is 14.4 Å². The van der Waals surface area contributed by atoms with Gasteiger partial charge in [0, 0.05) is 10.0 Å². The van der Waals surface area contributed by atoms with E-state index in [0.717, 1.165) is 0 Å². The highest BCUT2D eigenvalue weighted by molar-refractivity contribution is 7.54. The smallest absolute Gasteiger partial charge is 0.444 e. The maximum absolute atomic E-state index is 13.1. The quantitative estimate of drug-likeness (QED) is 0.521. The number of halogens is 2.